The monoisotopic (exact) mass is 263 g/mol. The van der Waals surface area contributed by atoms with Gasteiger partial charge in [0.25, 0.3) is 0 Å². The van der Waals surface area contributed by atoms with Crippen molar-refractivity contribution in [1.82, 2.24) is 9.97 Å². The molecule has 0 fully saturated rings. The molecule has 1 aromatic carbocycles. The number of para-hydroxylation sites is 1. The number of rotatable bonds is 2. The largest absolute Gasteiger partial charge is 0.323 e. The first-order chi connectivity index (χ1) is 7.27. The zero-order valence-electron chi connectivity index (χ0n) is 8.24. The van der Waals surface area contributed by atoms with E-state index < -0.39 is 0 Å². The van der Waals surface area contributed by atoms with Crippen LogP contribution in [0.3, 0.4) is 0 Å². The van der Waals surface area contributed by atoms with E-state index in [0.717, 1.165) is 15.7 Å². The first kappa shape index (κ1) is 10.1. The molecule has 0 spiro atoms. The van der Waals surface area contributed by atoms with Crippen LogP contribution in [0.25, 0.3) is 0 Å². The highest BCUT2D eigenvalue weighted by Gasteiger charge is 2.03. The summed E-state index contributed by atoms with van der Waals surface area (Å²) in [5.74, 6) is 0.604. The average Bonchev–Trinajstić information content (AvgIpc) is 2.25. The average molecular weight is 264 g/mol. The maximum atomic E-state index is 4.11. The Bertz CT molecular complexity index is 436. The molecule has 0 amide bonds. The normalized spacial score (nSPS) is 10.0. The minimum absolute atomic E-state index is 0.604. The summed E-state index contributed by atoms with van der Waals surface area (Å²) >= 11 is 3.49. The van der Waals surface area contributed by atoms with Crippen LogP contribution in [0.15, 0.2) is 41.1 Å². The number of nitrogens with zero attached hydrogens (tertiary/aromatic N) is 2. The quantitative estimate of drug-likeness (QED) is 0.904. The number of nitrogens with one attached hydrogen (secondary N) is 1. The van der Waals surface area contributed by atoms with Gasteiger partial charge in [-0.15, -0.1) is 0 Å². The summed E-state index contributed by atoms with van der Waals surface area (Å²) in [6.45, 7) is 2.04. The fourth-order valence-corrected chi connectivity index (χ4v) is 1.83. The van der Waals surface area contributed by atoms with Gasteiger partial charge in [0, 0.05) is 16.9 Å². The van der Waals surface area contributed by atoms with E-state index in [1.54, 1.807) is 18.5 Å². The number of benzene rings is 1. The Labute approximate surface area is 96.7 Å². The number of hydrogen-bond donors (Lipinski definition) is 1. The van der Waals surface area contributed by atoms with E-state index in [0.29, 0.717) is 5.95 Å². The third-order valence-electron chi connectivity index (χ3n) is 2.02. The van der Waals surface area contributed by atoms with Gasteiger partial charge >= 0.3 is 0 Å². The van der Waals surface area contributed by atoms with E-state index in [2.05, 4.69) is 31.2 Å². The van der Waals surface area contributed by atoms with E-state index >= 15 is 0 Å². The molecule has 0 radical (unpaired) electrons. The Morgan fingerprint density at radius 2 is 1.87 bits per heavy atom. The molecule has 76 valence electrons. The topological polar surface area (TPSA) is 37.8 Å². The van der Waals surface area contributed by atoms with Crippen molar-refractivity contribution < 1.29 is 0 Å². The molecular weight excluding hydrogens is 254 g/mol. The predicted octanol–water partition coefficient (Wildman–Crippen LogP) is 3.29. The third kappa shape index (κ3) is 2.33. The molecule has 3 nitrogen and oxygen atoms in total. The molecule has 0 atom stereocenters. The lowest BCUT2D eigenvalue weighted by atomic mass is 10.2. The van der Waals surface area contributed by atoms with Crippen molar-refractivity contribution in [2.45, 2.75) is 6.92 Å². The summed E-state index contributed by atoms with van der Waals surface area (Å²) < 4.78 is 1.01. The number of aromatic nitrogens is 2. The molecule has 0 unspecified atom stereocenters. The molecule has 0 saturated carbocycles. The SMILES string of the molecule is Cc1cccc(Br)c1Nc1ncccn1. The van der Waals surface area contributed by atoms with Crippen LogP contribution in [0.5, 0.6) is 0 Å². The lowest BCUT2D eigenvalue weighted by molar-refractivity contribution is 1.16. The second-order valence-electron chi connectivity index (χ2n) is 3.13. The van der Waals surface area contributed by atoms with Crippen LogP contribution in [-0.2, 0) is 0 Å². The van der Waals surface area contributed by atoms with Gasteiger partial charge in [0.1, 0.15) is 0 Å². The summed E-state index contributed by atoms with van der Waals surface area (Å²) in [7, 11) is 0. The Kier molecular flexibility index (Phi) is 2.97. The molecule has 1 N–H and O–H groups in total. The van der Waals surface area contributed by atoms with Gasteiger partial charge in [0.15, 0.2) is 0 Å². The summed E-state index contributed by atoms with van der Waals surface area (Å²) in [5.41, 5.74) is 2.15. The summed E-state index contributed by atoms with van der Waals surface area (Å²) in [6.07, 6.45) is 3.42. The van der Waals surface area contributed by atoms with Crippen LogP contribution in [-0.4, -0.2) is 9.97 Å². The molecule has 4 heteroatoms. The van der Waals surface area contributed by atoms with E-state index in [9.17, 15) is 0 Å². The number of aryl methyl sites for hydroxylation is 1. The minimum Gasteiger partial charge on any atom is -0.323 e. The fourth-order valence-electron chi connectivity index (χ4n) is 1.27. The van der Waals surface area contributed by atoms with Crippen molar-refractivity contribution in [2.75, 3.05) is 5.32 Å². The smallest absolute Gasteiger partial charge is 0.227 e. The van der Waals surface area contributed by atoms with Crippen molar-refractivity contribution in [3.63, 3.8) is 0 Å². The van der Waals surface area contributed by atoms with E-state index in [1.807, 2.05) is 25.1 Å². The highest BCUT2D eigenvalue weighted by Crippen LogP contribution is 2.27. The van der Waals surface area contributed by atoms with Gasteiger partial charge < -0.3 is 5.32 Å². The second-order valence-corrected chi connectivity index (χ2v) is 3.98. The third-order valence-corrected chi connectivity index (χ3v) is 2.69. The molecule has 0 aliphatic carbocycles. The number of anilines is 2. The molecule has 2 rings (SSSR count). The van der Waals surface area contributed by atoms with Gasteiger partial charge in [0.2, 0.25) is 5.95 Å². The van der Waals surface area contributed by atoms with Gasteiger partial charge in [-0.3, -0.25) is 0 Å². The predicted molar refractivity (Wildman–Crippen MR) is 64.2 cm³/mol. The van der Waals surface area contributed by atoms with Crippen LogP contribution >= 0.6 is 15.9 Å². The Hall–Kier alpha value is -1.42. The van der Waals surface area contributed by atoms with Crippen molar-refractivity contribution in [1.29, 1.82) is 0 Å². The lowest BCUT2D eigenvalue weighted by Crippen LogP contribution is -1.98. The number of hydrogen-bond acceptors (Lipinski definition) is 3. The Morgan fingerprint density at radius 1 is 1.13 bits per heavy atom. The van der Waals surface area contributed by atoms with E-state index in [1.165, 1.54) is 0 Å². The van der Waals surface area contributed by atoms with Crippen molar-refractivity contribution in [3.05, 3.63) is 46.7 Å². The molecule has 0 aliphatic heterocycles. The van der Waals surface area contributed by atoms with Crippen molar-refractivity contribution in [2.24, 2.45) is 0 Å². The van der Waals surface area contributed by atoms with Crippen LogP contribution in [0.1, 0.15) is 5.56 Å². The molecule has 1 heterocycles. The molecule has 0 bridgehead atoms. The molecule has 15 heavy (non-hydrogen) atoms. The van der Waals surface area contributed by atoms with Gasteiger partial charge in [0.05, 0.1) is 5.69 Å². The molecule has 0 saturated heterocycles. The highest BCUT2D eigenvalue weighted by molar-refractivity contribution is 9.10. The summed E-state index contributed by atoms with van der Waals surface area (Å²) in [6, 6.07) is 7.81. The van der Waals surface area contributed by atoms with E-state index in [4.69, 9.17) is 0 Å². The lowest BCUT2D eigenvalue weighted by Gasteiger charge is -2.09. The molecule has 0 aliphatic rings. The van der Waals surface area contributed by atoms with Crippen LogP contribution in [0.4, 0.5) is 11.6 Å². The minimum atomic E-state index is 0.604. The standard InChI is InChI=1S/C11H10BrN3/c1-8-4-2-5-9(12)10(8)15-11-13-6-3-7-14-11/h2-7H,1H3,(H,13,14,15). The van der Waals surface area contributed by atoms with Gasteiger partial charge in [-0.2, -0.15) is 0 Å². The molecule has 1 aromatic heterocycles. The van der Waals surface area contributed by atoms with Crippen LogP contribution in [0, 0.1) is 6.92 Å². The Morgan fingerprint density at radius 3 is 2.53 bits per heavy atom. The maximum absolute atomic E-state index is 4.11. The number of halogens is 1. The second kappa shape index (κ2) is 4.40. The van der Waals surface area contributed by atoms with Gasteiger partial charge in [-0.05, 0) is 40.5 Å². The van der Waals surface area contributed by atoms with E-state index in [-0.39, 0.29) is 0 Å². The van der Waals surface area contributed by atoms with Gasteiger partial charge in [-0.25, -0.2) is 9.97 Å². The molecular formula is C11H10BrN3. The first-order valence-electron chi connectivity index (χ1n) is 4.56. The maximum Gasteiger partial charge on any atom is 0.227 e. The zero-order valence-corrected chi connectivity index (χ0v) is 9.82. The van der Waals surface area contributed by atoms with Gasteiger partial charge in [-0.1, -0.05) is 12.1 Å². The zero-order chi connectivity index (χ0) is 10.7. The van der Waals surface area contributed by atoms with Crippen molar-refractivity contribution >= 4 is 27.6 Å². The fraction of sp³-hybridized carbons (Fsp3) is 0.0909. The first-order valence-corrected chi connectivity index (χ1v) is 5.36. The van der Waals surface area contributed by atoms with Crippen LogP contribution in [0.2, 0.25) is 0 Å². The summed E-state index contributed by atoms with van der Waals surface area (Å²) in [5, 5.41) is 3.17. The van der Waals surface area contributed by atoms with Crippen LogP contribution < -0.4 is 5.32 Å². The highest BCUT2D eigenvalue weighted by atomic mass is 79.9. The summed E-state index contributed by atoms with van der Waals surface area (Å²) in [4.78, 5) is 8.23. The Balaban J connectivity index is 2.32. The van der Waals surface area contributed by atoms with Crippen molar-refractivity contribution in [3.8, 4) is 0 Å². The molecule has 2 aromatic rings.